The molecule has 1 aliphatic rings. The largest absolute Gasteiger partial charge is 0.375 e. The van der Waals surface area contributed by atoms with Gasteiger partial charge in [0.2, 0.25) is 5.91 Å². The number of nitrogens with one attached hydrogen (secondary N) is 2. The second-order valence-corrected chi connectivity index (χ2v) is 4.38. The van der Waals surface area contributed by atoms with Gasteiger partial charge in [-0.25, -0.2) is 4.39 Å². The Morgan fingerprint density at radius 3 is 2.58 bits per heavy atom. The molecule has 1 amide bonds. The Hall–Kier alpha value is -1.17. The normalized spacial score (nSPS) is 16.1. The highest BCUT2D eigenvalue weighted by Crippen LogP contribution is 2.16. The Morgan fingerprint density at radius 1 is 1.47 bits per heavy atom. The molecule has 19 heavy (non-hydrogen) atoms. The number of methoxy groups -OCH3 is 1. The minimum Gasteiger partial charge on any atom is -0.375 e. The number of amides is 1. The van der Waals surface area contributed by atoms with Crippen molar-refractivity contribution in [3.8, 4) is 0 Å². The lowest BCUT2D eigenvalue weighted by Gasteiger charge is -2.26. The number of halogens is 2. The van der Waals surface area contributed by atoms with Crippen LogP contribution in [0.4, 0.5) is 4.39 Å². The lowest BCUT2D eigenvalue weighted by Crippen LogP contribution is -2.51. The van der Waals surface area contributed by atoms with Crippen molar-refractivity contribution < 1.29 is 13.9 Å². The Morgan fingerprint density at radius 2 is 2.11 bits per heavy atom. The molecule has 0 aromatic heterocycles. The summed E-state index contributed by atoms with van der Waals surface area (Å²) in [6.07, 6.45) is -0.248. The maximum Gasteiger partial charge on any atom is 0.225 e. The molecule has 1 unspecified atom stereocenters. The van der Waals surface area contributed by atoms with E-state index >= 15 is 0 Å². The van der Waals surface area contributed by atoms with Crippen LogP contribution >= 0.6 is 12.4 Å². The zero-order chi connectivity index (χ0) is 13.0. The fourth-order valence-corrected chi connectivity index (χ4v) is 1.83. The lowest BCUT2D eigenvalue weighted by molar-refractivity contribution is -0.127. The number of benzene rings is 1. The van der Waals surface area contributed by atoms with Crippen LogP contribution in [0.5, 0.6) is 0 Å². The summed E-state index contributed by atoms with van der Waals surface area (Å²) in [5.74, 6) is -0.174. The minimum atomic E-state index is -0.279. The third-order valence-electron chi connectivity index (χ3n) is 3.14. The summed E-state index contributed by atoms with van der Waals surface area (Å²) in [6.45, 7) is 1.87. The van der Waals surface area contributed by atoms with Gasteiger partial charge < -0.3 is 15.4 Å². The standard InChI is InChI=1S/C13H17FN2O2.ClH/c1-18-12(9-2-4-11(14)5-3-9)8-16-13(17)10-6-15-7-10;/h2-5,10,12,15H,6-8H2,1H3,(H,16,17);1H. The summed E-state index contributed by atoms with van der Waals surface area (Å²) in [6, 6.07) is 6.11. The number of carbonyl (C=O) groups excluding carboxylic acids is 1. The van der Waals surface area contributed by atoms with Crippen molar-refractivity contribution in [1.29, 1.82) is 0 Å². The van der Waals surface area contributed by atoms with Crippen LogP contribution < -0.4 is 10.6 Å². The lowest BCUT2D eigenvalue weighted by atomic mass is 10.0. The summed E-state index contributed by atoms with van der Waals surface area (Å²) >= 11 is 0. The molecule has 2 rings (SSSR count). The van der Waals surface area contributed by atoms with Gasteiger partial charge in [0.1, 0.15) is 5.82 Å². The maximum absolute atomic E-state index is 12.8. The van der Waals surface area contributed by atoms with E-state index in [9.17, 15) is 9.18 Å². The first-order chi connectivity index (χ1) is 8.70. The van der Waals surface area contributed by atoms with Gasteiger partial charge in [-0.15, -0.1) is 12.4 Å². The second-order valence-electron chi connectivity index (χ2n) is 4.38. The van der Waals surface area contributed by atoms with E-state index in [2.05, 4.69) is 10.6 Å². The van der Waals surface area contributed by atoms with E-state index in [1.54, 1.807) is 19.2 Å². The maximum atomic E-state index is 12.8. The van der Waals surface area contributed by atoms with Crippen LogP contribution in [0.1, 0.15) is 11.7 Å². The molecule has 0 radical (unpaired) electrons. The highest BCUT2D eigenvalue weighted by atomic mass is 35.5. The van der Waals surface area contributed by atoms with Crippen molar-refractivity contribution in [1.82, 2.24) is 10.6 Å². The molecule has 0 bridgehead atoms. The van der Waals surface area contributed by atoms with E-state index in [1.165, 1.54) is 12.1 Å². The molecular weight excluding hydrogens is 271 g/mol. The topological polar surface area (TPSA) is 50.4 Å². The monoisotopic (exact) mass is 288 g/mol. The molecular formula is C13H18ClFN2O2. The minimum absolute atomic E-state index is 0. The van der Waals surface area contributed by atoms with Crippen molar-refractivity contribution in [2.24, 2.45) is 5.92 Å². The van der Waals surface area contributed by atoms with Crippen LogP contribution in [0.3, 0.4) is 0 Å². The number of carbonyl (C=O) groups is 1. The van der Waals surface area contributed by atoms with Crippen LogP contribution in [-0.2, 0) is 9.53 Å². The van der Waals surface area contributed by atoms with Crippen molar-refractivity contribution in [2.75, 3.05) is 26.7 Å². The predicted octanol–water partition coefficient (Wildman–Crippen LogP) is 1.27. The van der Waals surface area contributed by atoms with Gasteiger partial charge in [-0.2, -0.15) is 0 Å². The van der Waals surface area contributed by atoms with Crippen LogP contribution in [-0.4, -0.2) is 32.7 Å². The Bertz CT molecular complexity index is 410. The molecule has 0 aliphatic carbocycles. The summed E-state index contributed by atoms with van der Waals surface area (Å²) < 4.78 is 18.1. The molecule has 1 saturated heterocycles. The zero-order valence-electron chi connectivity index (χ0n) is 10.7. The first-order valence-corrected chi connectivity index (χ1v) is 5.97. The average Bonchev–Trinajstić information content (AvgIpc) is 2.30. The third-order valence-corrected chi connectivity index (χ3v) is 3.14. The average molecular weight is 289 g/mol. The highest BCUT2D eigenvalue weighted by Gasteiger charge is 2.25. The summed E-state index contributed by atoms with van der Waals surface area (Å²) in [5, 5.41) is 5.90. The highest BCUT2D eigenvalue weighted by molar-refractivity contribution is 5.85. The first-order valence-electron chi connectivity index (χ1n) is 5.97. The van der Waals surface area contributed by atoms with Gasteiger partial charge in [0.05, 0.1) is 12.0 Å². The van der Waals surface area contributed by atoms with Gasteiger partial charge in [-0.05, 0) is 17.7 Å². The molecule has 1 fully saturated rings. The van der Waals surface area contributed by atoms with Crippen molar-refractivity contribution in [3.05, 3.63) is 35.6 Å². The molecule has 1 aliphatic heterocycles. The summed E-state index contributed by atoms with van der Waals surface area (Å²) in [5.41, 5.74) is 0.853. The van der Waals surface area contributed by atoms with E-state index in [4.69, 9.17) is 4.74 Å². The van der Waals surface area contributed by atoms with Crippen molar-refractivity contribution in [2.45, 2.75) is 6.10 Å². The van der Waals surface area contributed by atoms with E-state index in [0.29, 0.717) is 6.54 Å². The predicted molar refractivity (Wildman–Crippen MR) is 72.8 cm³/mol. The van der Waals surface area contributed by atoms with Crippen molar-refractivity contribution >= 4 is 18.3 Å². The number of hydrogen-bond acceptors (Lipinski definition) is 3. The summed E-state index contributed by atoms with van der Waals surface area (Å²) in [7, 11) is 1.57. The Balaban J connectivity index is 0.00000180. The van der Waals surface area contributed by atoms with E-state index in [0.717, 1.165) is 18.7 Å². The van der Waals surface area contributed by atoms with Crippen LogP contribution in [0.2, 0.25) is 0 Å². The van der Waals surface area contributed by atoms with Crippen LogP contribution in [0.25, 0.3) is 0 Å². The van der Waals surface area contributed by atoms with E-state index in [1.807, 2.05) is 0 Å². The number of hydrogen-bond donors (Lipinski definition) is 2. The van der Waals surface area contributed by atoms with Gasteiger partial charge in [0, 0.05) is 26.7 Å². The molecule has 0 spiro atoms. The van der Waals surface area contributed by atoms with Gasteiger partial charge in [-0.1, -0.05) is 12.1 Å². The Kier molecular flexibility index (Phi) is 6.21. The van der Waals surface area contributed by atoms with Crippen molar-refractivity contribution in [3.63, 3.8) is 0 Å². The Labute approximate surface area is 118 Å². The van der Waals surface area contributed by atoms with Crippen LogP contribution in [0.15, 0.2) is 24.3 Å². The van der Waals surface area contributed by atoms with Gasteiger partial charge in [-0.3, -0.25) is 4.79 Å². The zero-order valence-corrected chi connectivity index (χ0v) is 11.5. The van der Waals surface area contributed by atoms with E-state index in [-0.39, 0.29) is 36.2 Å². The molecule has 106 valence electrons. The smallest absolute Gasteiger partial charge is 0.225 e. The fraction of sp³-hybridized carbons (Fsp3) is 0.462. The molecule has 0 saturated carbocycles. The van der Waals surface area contributed by atoms with Crippen LogP contribution in [0, 0.1) is 11.7 Å². The second kappa shape index (κ2) is 7.43. The summed E-state index contributed by atoms with van der Waals surface area (Å²) in [4.78, 5) is 11.7. The molecule has 1 atom stereocenters. The molecule has 4 nitrogen and oxygen atoms in total. The van der Waals surface area contributed by atoms with Gasteiger partial charge in [0.25, 0.3) is 0 Å². The first kappa shape index (κ1) is 15.9. The number of rotatable bonds is 5. The van der Waals surface area contributed by atoms with Gasteiger partial charge in [0.15, 0.2) is 0 Å². The molecule has 1 heterocycles. The molecule has 1 aromatic rings. The number of ether oxygens (including phenoxy) is 1. The molecule has 2 N–H and O–H groups in total. The van der Waals surface area contributed by atoms with E-state index < -0.39 is 0 Å². The molecule has 6 heteroatoms. The molecule has 1 aromatic carbocycles. The third kappa shape index (κ3) is 4.16. The fourth-order valence-electron chi connectivity index (χ4n) is 1.83. The van der Waals surface area contributed by atoms with Gasteiger partial charge >= 0.3 is 0 Å². The quantitative estimate of drug-likeness (QED) is 0.858. The SMILES string of the molecule is COC(CNC(=O)C1CNC1)c1ccc(F)cc1.Cl.